The van der Waals surface area contributed by atoms with E-state index in [0.29, 0.717) is 0 Å². The van der Waals surface area contributed by atoms with E-state index in [1.807, 2.05) is 0 Å². The van der Waals surface area contributed by atoms with Gasteiger partial charge in [0, 0.05) is 0 Å². The molecule has 0 aromatic carbocycles. The molecule has 0 bridgehead atoms. The first-order valence-corrected chi connectivity index (χ1v) is 7.10. The molecule has 1 saturated heterocycles. The van der Waals surface area contributed by atoms with E-state index in [9.17, 15) is 18.3 Å². The molecule has 0 radical (unpaired) electrons. The molecule has 0 amide bonds. The maximum absolute atomic E-state index is 11.5. The van der Waals surface area contributed by atoms with Crippen LogP contribution < -0.4 is 0 Å². The first-order chi connectivity index (χ1) is 8.44. The van der Waals surface area contributed by atoms with Gasteiger partial charge in [-0.25, -0.2) is 17.9 Å². The minimum Gasteiger partial charge on any atom is -0.460 e. The van der Waals surface area contributed by atoms with Gasteiger partial charge in [-0.3, -0.25) is 0 Å². The number of hydrogen-bond donors (Lipinski definition) is 1. The molecule has 1 aromatic rings. The number of nitrogens with zero attached hydrogens (tertiary/aromatic N) is 4. The Morgan fingerprint density at radius 2 is 2.28 bits per heavy atom. The van der Waals surface area contributed by atoms with E-state index in [0.717, 1.165) is 4.68 Å². The molecule has 100 valence electrons. The fourth-order valence-corrected chi connectivity index (χ4v) is 3.55. The highest BCUT2D eigenvalue weighted by Gasteiger charge is 2.40. The number of aromatic nitrogens is 4. The Balaban J connectivity index is 2.30. The van der Waals surface area contributed by atoms with Gasteiger partial charge in [0.1, 0.15) is 0 Å². The van der Waals surface area contributed by atoms with Crippen LogP contribution in [0.5, 0.6) is 0 Å². The lowest BCUT2D eigenvalue weighted by Gasteiger charge is -2.13. The van der Waals surface area contributed by atoms with Gasteiger partial charge in [-0.15, -0.1) is 5.10 Å². The van der Waals surface area contributed by atoms with Crippen LogP contribution in [0.15, 0.2) is 0 Å². The Kier molecular flexibility index (Phi) is 3.30. The van der Waals surface area contributed by atoms with E-state index in [2.05, 4.69) is 15.5 Å². The number of rotatable bonds is 3. The zero-order chi connectivity index (χ0) is 13.3. The number of aliphatic hydroxyl groups excluding tert-OH is 1. The highest BCUT2D eigenvalue weighted by Crippen LogP contribution is 2.24. The lowest BCUT2D eigenvalue weighted by molar-refractivity contribution is 0.0494. The van der Waals surface area contributed by atoms with Crippen molar-refractivity contribution in [3.63, 3.8) is 0 Å². The molecule has 9 nitrogen and oxygen atoms in total. The predicted molar refractivity (Wildman–Crippen MR) is 57.5 cm³/mol. The Labute approximate surface area is 103 Å². The second-order valence-electron chi connectivity index (χ2n) is 3.88. The summed E-state index contributed by atoms with van der Waals surface area (Å²) in [7, 11) is -3.34. The van der Waals surface area contributed by atoms with Crippen molar-refractivity contribution >= 4 is 15.8 Å². The largest absolute Gasteiger partial charge is 0.460 e. The minimum absolute atomic E-state index is 0.150. The number of carbonyl (C=O) groups is 1. The van der Waals surface area contributed by atoms with Gasteiger partial charge in [0.2, 0.25) is 0 Å². The van der Waals surface area contributed by atoms with E-state index in [1.54, 1.807) is 6.92 Å². The van der Waals surface area contributed by atoms with Crippen LogP contribution in [0, 0.1) is 0 Å². The maximum Gasteiger partial charge on any atom is 0.378 e. The van der Waals surface area contributed by atoms with E-state index < -0.39 is 28.0 Å². The van der Waals surface area contributed by atoms with Crippen molar-refractivity contribution in [1.29, 1.82) is 0 Å². The zero-order valence-electron chi connectivity index (χ0n) is 9.55. The highest BCUT2D eigenvalue weighted by atomic mass is 32.2. The quantitative estimate of drug-likeness (QED) is 0.640. The number of ether oxygens (including phenoxy) is 1. The lowest BCUT2D eigenvalue weighted by Crippen LogP contribution is -2.27. The average Bonchev–Trinajstić information content (AvgIpc) is 2.82. The number of aliphatic hydroxyl groups is 1. The van der Waals surface area contributed by atoms with Crippen LogP contribution in [0.1, 0.15) is 23.6 Å². The second-order valence-corrected chi connectivity index (χ2v) is 6.03. The minimum atomic E-state index is -3.34. The molecular weight excluding hydrogens is 264 g/mol. The lowest BCUT2D eigenvalue weighted by atomic mass is 10.2. The molecule has 1 N–H and O–H groups in total. The smallest absolute Gasteiger partial charge is 0.378 e. The van der Waals surface area contributed by atoms with Crippen molar-refractivity contribution in [3.8, 4) is 0 Å². The fourth-order valence-electron chi connectivity index (χ4n) is 1.79. The molecule has 1 fully saturated rings. The van der Waals surface area contributed by atoms with E-state index >= 15 is 0 Å². The van der Waals surface area contributed by atoms with Gasteiger partial charge in [-0.05, 0) is 17.4 Å². The normalized spacial score (nSPS) is 26.1. The van der Waals surface area contributed by atoms with Gasteiger partial charge in [0.05, 0.1) is 30.3 Å². The maximum atomic E-state index is 11.5. The first kappa shape index (κ1) is 12.9. The molecule has 1 aliphatic heterocycles. The SMILES string of the molecule is CCOC(=O)c1nnnn1C1CS(=O)(=O)CC1O. The fraction of sp³-hybridized carbons (Fsp3) is 0.750. The molecule has 0 saturated carbocycles. The summed E-state index contributed by atoms with van der Waals surface area (Å²) >= 11 is 0. The van der Waals surface area contributed by atoms with Gasteiger partial charge < -0.3 is 9.84 Å². The number of hydrogen-bond acceptors (Lipinski definition) is 8. The Morgan fingerprint density at radius 3 is 2.83 bits per heavy atom. The van der Waals surface area contributed by atoms with Crippen molar-refractivity contribution < 1.29 is 23.1 Å². The topological polar surface area (TPSA) is 124 Å². The van der Waals surface area contributed by atoms with Crippen LogP contribution in [0.2, 0.25) is 0 Å². The Bertz CT molecular complexity index is 554. The molecule has 2 unspecified atom stereocenters. The summed E-state index contributed by atoms with van der Waals surface area (Å²) < 4.78 is 28.5. The Morgan fingerprint density at radius 1 is 1.56 bits per heavy atom. The molecule has 1 aromatic heterocycles. The third kappa shape index (κ3) is 2.34. The van der Waals surface area contributed by atoms with Crippen molar-refractivity contribution in [1.82, 2.24) is 20.2 Å². The van der Waals surface area contributed by atoms with E-state index in [1.165, 1.54) is 0 Å². The standard InChI is InChI=1S/C8H12N4O5S/c1-2-17-8(14)7-9-10-11-12(7)5-3-18(15,16)4-6(5)13/h5-6,13H,2-4H2,1H3. The second kappa shape index (κ2) is 4.61. The summed E-state index contributed by atoms with van der Waals surface area (Å²) in [6.45, 7) is 1.78. The van der Waals surface area contributed by atoms with Crippen molar-refractivity contribution in [2.45, 2.75) is 19.1 Å². The highest BCUT2D eigenvalue weighted by molar-refractivity contribution is 7.91. The predicted octanol–water partition coefficient (Wildman–Crippen LogP) is -1.82. The van der Waals surface area contributed by atoms with Crippen LogP contribution in [0.3, 0.4) is 0 Å². The molecule has 2 atom stereocenters. The molecule has 1 aliphatic rings. The van der Waals surface area contributed by atoms with Crippen LogP contribution in [0.25, 0.3) is 0 Å². The van der Waals surface area contributed by atoms with E-state index in [4.69, 9.17) is 4.74 Å². The third-order valence-corrected chi connectivity index (χ3v) is 4.26. The van der Waals surface area contributed by atoms with Gasteiger partial charge >= 0.3 is 5.97 Å². The molecular formula is C8H12N4O5S. The van der Waals surface area contributed by atoms with Gasteiger partial charge in [-0.1, -0.05) is 0 Å². The summed E-state index contributed by atoms with van der Waals surface area (Å²) in [6, 6.07) is -0.857. The van der Waals surface area contributed by atoms with Gasteiger partial charge in [0.15, 0.2) is 9.84 Å². The van der Waals surface area contributed by atoms with Crippen molar-refractivity contribution in [3.05, 3.63) is 5.82 Å². The molecule has 0 spiro atoms. The Hall–Kier alpha value is -1.55. The number of esters is 1. The summed E-state index contributed by atoms with van der Waals surface area (Å²) in [5.74, 6) is -1.62. The number of carbonyl (C=O) groups excluding carboxylic acids is 1. The van der Waals surface area contributed by atoms with Crippen molar-refractivity contribution in [2.75, 3.05) is 18.1 Å². The van der Waals surface area contributed by atoms with Crippen LogP contribution in [-0.4, -0.2) is 63.9 Å². The zero-order valence-corrected chi connectivity index (χ0v) is 10.4. The molecule has 18 heavy (non-hydrogen) atoms. The summed E-state index contributed by atoms with van der Waals surface area (Å²) in [4.78, 5) is 11.5. The summed E-state index contributed by atoms with van der Waals surface area (Å²) in [5, 5.41) is 20.0. The van der Waals surface area contributed by atoms with Gasteiger partial charge in [0.25, 0.3) is 5.82 Å². The molecule has 0 aliphatic carbocycles. The van der Waals surface area contributed by atoms with Gasteiger partial charge in [-0.2, -0.15) is 0 Å². The molecule has 10 heteroatoms. The summed E-state index contributed by atoms with van der Waals surface area (Å²) in [5.41, 5.74) is 0. The molecule has 2 heterocycles. The number of tetrazole rings is 1. The first-order valence-electron chi connectivity index (χ1n) is 5.28. The monoisotopic (exact) mass is 276 g/mol. The average molecular weight is 276 g/mol. The van der Waals surface area contributed by atoms with E-state index in [-0.39, 0.29) is 23.9 Å². The summed E-state index contributed by atoms with van der Waals surface area (Å²) in [6.07, 6.45) is -1.13. The van der Waals surface area contributed by atoms with Crippen LogP contribution in [0.4, 0.5) is 0 Å². The third-order valence-electron chi connectivity index (χ3n) is 2.56. The van der Waals surface area contributed by atoms with Crippen LogP contribution >= 0.6 is 0 Å². The van der Waals surface area contributed by atoms with Crippen molar-refractivity contribution in [2.24, 2.45) is 0 Å². The number of sulfone groups is 1. The van der Waals surface area contributed by atoms with Crippen LogP contribution in [-0.2, 0) is 14.6 Å². The molecule has 2 rings (SSSR count).